The van der Waals surface area contributed by atoms with E-state index in [1.165, 1.54) is 0 Å². The van der Waals surface area contributed by atoms with Crippen LogP contribution < -0.4 is 10.1 Å². The highest BCUT2D eigenvalue weighted by atomic mass is 19.1. The van der Waals surface area contributed by atoms with Gasteiger partial charge in [0.15, 0.2) is 23.1 Å². The summed E-state index contributed by atoms with van der Waals surface area (Å²) in [7, 11) is 0. The quantitative estimate of drug-likeness (QED) is 0.685. The van der Waals surface area contributed by atoms with Gasteiger partial charge in [-0.1, -0.05) is 0 Å². The first-order chi connectivity index (χ1) is 10.8. The molecule has 0 aliphatic rings. The standard InChI is InChI=1S/C14H9F3N2O4/c1-7(20)18-11-5-10(17)14(6-12(11)19(21)22)23-13-3-2-8(15)4-9(13)16/h2-6H,1H3,(H,18,20). The summed E-state index contributed by atoms with van der Waals surface area (Å²) in [5.74, 6) is -4.81. The van der Waals surface area contributed by atoms with Crippen LogP contribution in [0.1, 0.15) is 6.92 Å². The van der Waals surface area contributed by atoms with Crippen molar-refractivity contribution in [3.8, 4) is 11.5 Å². The van der Waals surface area contributed by atoms with E-state index in [1.807, 2.05) is 0 Å². The van der Waals surface area contributed by atoms with Crippen LogP contribution in [-0.4, -0.2) is 10.8 Å². The van der Waals surface area contributed by atoms with E-state index in [0.717, 1.165) is 19.1 Å². The third-order valence-electron chi connectivity index (χ3n) is 2.67. The second-order valence-corrected chi connectivity index (χ2v) is 4.41. The van der Waals surface area contributed by atoms with E-state index >= 15 is 0 Å². The Balaban J connectivity index is 2.44. The normalized spacial score (nSPS) is 10.3. The largest absolute Gasteiger partial charge is 0.451 e. The number of anilines is 1. The number of hydrogen-bond acceptors (Lipinski definition) is 4. The number of halogens is 3. The van der Waals surface area contributed by atoms with Crippen LogP contribution in [-0.2, 0) is 4.79 Å². The lowest BCUT2D eigenvalue weighted by Crippen LogP contribution is -2.08. The lowest BCUT2D eigenvalue weighted by Gasteiger charge is -2.10. The number of rotatable bonds is 4. The van der Waals surface area contributed by atoms with Gasteiger partial charge in [0, 0.05) is 19.1 Å². The summed E-state index contributed by atoms with van der Waals surface area (Å²) in [6.07, 6.45) is 0. The van der Waals surface area contributed by atoms with E-state index in [9.17, 15) is 28.1 Å². The zero-order chi connectivity index (χ0) is 17.1. The van der Waals surface area contributed by atoms with Gasteiger partial charge in [-0.2, -0.15) is 0 Å². The summed E-state index contributed by atoms with van der Waals surface area (Å²) < 4.78 is 45.2. The van der Waals surface area contributed by atoms with Crippen molar-refractivity contribution in [3.05, 3.63) is 57.9 Å². The minimum Gasteiger partial charge on any atom is -0.451 e. The van der Waals surface area contributed by atoms with Crippen LogP contribution in [0.15, 0.2) is 30.3 Å². The van der Waals surface area contributed by atoms with E-state index in [1.54, 1.807) is 0 Å². The van der Waals surface area contributed by atoms with Crippen LogP contribution in [0.25, 0.3) is 0 Å². The first-order valence-electron chi connectivity index (χ1n) is 6.16. The Kier molecular flexibility index (Phi) is 4.49. The lowest BCUT2D eigenvalue weighted by molar-refractivity contribution is -0.384. The first kappa shape index (κ1) is 16.3. The SMILES string of the molecule is CC(=O)Nc1cc(F)c(Oc2ccc(F)cc2F)cc1[N+](=O)[O-]. The summed E-state index contributed by atoms with van der Waals surface area (Å²) in [5.41, 5.74) is -1.01. The minimum absolute atomic E-state index is 0.369. The number of ether oxygens (including phenoxy) is 1. The molecule has 2 rings (SSSR count). The second-order valence-electron chi connectivity index (χ2n) is 4.41. The highest BCUT2D eigenvalue weighted by molar-refractivity contribution is 5.91. The monoisotopic (exact) mass is 326 g/mol. The maximum absolute atomic E-state index is 13.9. The van der Waals surface area contributed by atoms with Crippen LogP contribution in [0.3, 0.4) is 0 Å². The number of amides is 1. The average molecular weight is 326 g/mol. The van der Waals surface area contributed by atoms with Gasteiger partial charge in [0.25, 0.3) is 5.69 Å². The fourth-order valence-electron chi connectivity index (χ4n) is 1.74. The number of nitro groups is 1. The fraction of sp³-hybridized carbons (Fsp3) is 0.0714. The van der Waals surface area contributed by atoms with Crippen molar-refractivity contribution < 1.29 is 27.6 Å². The number of carbonyl (C=O) groups is 1. The number of nitrogens with one attached hydrogen (secondary N) is 1. The van der Waals surface area contributed by atoms with Crippen molar-refractivity contribution >= 4 is 17.3 Å². The molecule has 0 saturated heterocycles. The van der Waals surface area contributed by atoms with Gasteiger partial charge in [0.1, 0.15) is 11.5 Å². The Labute approximate surface area is 127 Å². The molecule has 0 aliphatic heterocycles. The lowest BCUT2D eigenvalue weighted by atomic mass is 10.2. The Bertz CT molecular complexity index is 796. The number of benzene rings is 2. The van der Waals surface area contributed by atoms with Crippen molar-refractivity contribution in [3.63, 3.8) is 0 Å². The summed E-state index contributed by atoms with van der Waals surface area (Å²) in [6.45, 7) is 1.10. The molecule has 0 aromatic heterocycles. The summed E-state index contributed by atoms with van der Waals surface area (Å²) in [6, 6.07) is 3.70. The molecule has 0 bridgehead atoms. The molecule has 0 aliphatic carbocycles. The molecule has 1 amide bonds. The topological polar surface area (TPSA) is 81.5 Å². The molecule has 0 spiro atoms. The molecular weight excluding hydrogens is 317 g/mol. The second kappa shape index (κ2) is 6.34. The first-order valence-corrected chi connectivity index (χ1v) is 6.16. The van der Waals surface area contributed by atoms with Crippen molar-refractivity contribution in [2.24, 2.45) is 0 Å². The van der Waals surface area contributed by atoms with Crippen LogP contribution in [0, 0.1) is 27.6 Å². The fourth-order valence-corrected chi connectivity index (χ4v) is 1.74. The molecule has 0 saturated carbocycles. The van der Waals surface area contributed by atoms with Gasteiger partial charge >= 0.3 is 0 Å². The third kappa shape index (κ3) is 3.76. The van der Waals surface area contributed by atoms with E-state index in [2.05, 4.69) is 5.32 Å². The third-order valence-corrected chi connectivity index (χ3v) is 2.67. The van der Waals surface area contributed by atoms with Crippen molar-refractivity contribution in [2.75, 3.05) is 5.32 Å². The maximum atomic E-state index is 13.9. The van der Waals surface area contributed by atoms with Crippen LogP contribution in [0.2, 0.25) is 0 Å². The van der Waals surface area contributed by atoms with Gasteiger partial charge in [-0.05, 0) is 12.1 Å². The van der Waals surface area contributed by atoms with Crippen molar-refractivity contribution in [1.82, 2.24) is 0 Å². The Morgan fingerprint density at radius 2 is 1.78 bits per heavy atom. The van der Waals surface area contributed by atoms with Gasteiger partial charge in [-0.3, -0.25) is 14.9 Å². The van der Waals surface area contributed by atoms with E-state index < -0.39 is 45.5 Å². The number of nitro benzene ring substituents is 1. The smallest absolute Gasteiger partial charge is 0.296 e. The molecule has 0 atom stereocenters. The molecular formula is C14H9F3N2O4. The van der Waals surface area contributed by atoms with E-state index in [4.69, 9.17) is 4.74 Å². The van der Waals surface area contributed by atoms with E-state index in [0.29, 0.717) is 18.2 Å². The number of nitrogens with zero attached hydrogens (tertiary/aromatic N) is 1. The van der Waals surface area contributed by atoms with Crippen molar-refractivity contribution in [1.29, 1.82) is 0 Å². The number of carbonyl (C=O) groups excluding carboxylic acids is 1. The van der Waals surface area contributed by atoms with Crippen LogP contribution >= 0.6 is 0 Å². The van der Waals surface area contributed by atoms with Gasteiger partial charge in [0.2, 0.25) is 5.91 Å². The Hall–Kier alpha value is -3.10. The highest BCUT2D eigenvalue weighted by Crippen LogP contribution is 2.35. The minimum atomic E-state index is -1.10. The summed E-state index contributed by atoms with van der Waals surface area (Å²) >= 11 is 0. The molecule has 2 aromatic carbocycles. The number of hydrogen-bond donors (Lipinski definition) is 1. The zero-order valence-corrected chi connectivity index (χ0v) is 11.6. The Morgan fingerprint density at radius 1 is 1.13 bits per heavy atom. The predicted molar refractivity (Wildman–Crippen MR) is 73.8 cm³/mol. The molecule has 6 nitrogen and oxygen atoms in total. The van der Waals surface area contributed by atoms with Crippen LogP contribution in [0.4, 0.5) is 24.5 Å². The van der Waals surface area contributed by atoms with E-state index in [-0.39, 0.29) is 5.69 Å². The van der Waals surface area contributed by atoms with Gasteiger partial charge in [-0.25, -0.2) is 13.2 Å². The zero-order valence-electron chi connectivity index (χ0n) is 11.6. The molecule has 120 valence electrons. The van der Waals surface area contributed by atoms with Crippen LogP contribution in [0.5, 0.6) is 11.5 Å². The predicted octanol–water partition coefficient (Wildman–Crippen LogP) is 3.76. The molecule has 0 heterocycles. The molecule has 23 heavy (non-hydrogen) atoms. The summed E-state index contributed by atoms with van der Waals surface area (Å²) in [5, 5.41) is 13.1. The molecule has 0 fully saturated rings. The molecule has 1 N–H and O–H groups in total. The molecule has 2 aromatic rings. The van der Waals surface area contributed by atoms with Crippen molar-refractivity contribution in [2.45, 2.75) is 6.92 Å². The van der Waals surface area contributed by atoms with Gasteiger partial charge < -0.3 is 10.1 Å². The molecule has 9 heteroatoms. The highest BCUT2D eigenvalue weighted by Gasteiger charge is 2.21. The van der Waals surface area contributed by atoms with Gasteiger partial charge in [-0.15, -0.1) is 0 Å². The maximum Gasteiger partial charge on any atom is 0.296 e. The summed E-state index contributed by atoms with van der Waals surface area (Å²) in [4.78, 5) is 21.1. The average Bonchev–Trinajstić information content (AvgIpc) is 2.43. The molecule has 0 unspecified atom stereocenters. The van der Waals surface area contributed by atoms with Gasteiger partial charge in [0.05, 0.1) is 11.0 Å². The molecule has 0 radical (unpaired) electrons. The Morgan fingerprint density at radius 3 is 2.35 bits per heavy atom.